The van der Waals surface area contributed by atoms with Crippen LogP contribution in [0.1, 0.15) is 12.0 Å². The molecule has 0 heterocycles. The van der Waals surface area contributed by atoms with E-state index < -0.39 is 11.9 Å². The molecular weight excluding hydrogens is 246 g/mol. The van der Waals surface area contributed by atoms with Crippen LogP contribution in [0.15, 0.2) is 24.3 Å². The summed E-state index contributed by atoms with van der Waals surface area (Å²) in [6.45, 7) is 0.488. The van der Waals surface area contributed by atoms with Gasteiger partial charge in [0.05, 0.1) is 18.9 Å². The number of carbonyl (C=O) groups excluding carboxylic acids is 1. The average Bonchev–Trinajstić information content (AvgIpc) is 3.19. The fraction of sp³-hybridized carbons (Fsp3) is 0.429. The molecule has 0 aromatic heterocycles. The van der Waals surface area contributed by atoms with Gasteiger partial charge < -0.3 is 15.2 Å². The average molecular weight is 263 g/mol. The summed E-state index contributed by atoms with van der Waals surface area (Å²) in [4.78, 5) is 22.3. The standard InChI is InChI=1S/C14H17NO4/c1-19-12-5-3-2-4-9(12)6-7-15-13(16)10-8-11(10)14(17)18/h2-5,10-11H,6-8H2,1H3,(H,15,16)(H,17,18)/t10-,11-/m1/s1. The molecule has 0 unspecified atom stereocenters. The number of amides is 1. The van der Waals surface area contributed by atoms with Gasteiger partial charge in [0, 0.05) is 6.54 Å². The maximum absolute atomic E-state index is 11.7. The van der Waals surface area contributed by atoms with Crippen LogP contribution in [0.2, 0.25) is 0 Å². The summed E-state index contributed by atoms with van der Waals surface area (Å²) in [7, 11) is 1.61. The van der Waals surface area contributed by atoms with Crippen molar-refractivity contribution in [2.75, 3.05) is 13.7 Å². The van der Waals surface area contributed by atoms with Gasteiger partial charge in [0.1, 0.15) is 5.75 Å². The molecule has 5 heteroatoms. The Kier molecular flexibility index (Phi) is 4.04. The van der Waals surface area contributed by atoms with Crippen LogP contribution < -0.4 is 10.1 Å². The minimum absolute atomic E-state index is 0.165. The van der Waals surface area contributed by atoms with E-state index in [0.29, 0.717) is 19.4 Å². The molecule has 1 saturated carbocycles. The van der Waals surface area contributed by atoms with Crippen molar-refractivity contribution in [3.8, 4) is 5.75 Å². The Labute approximate surface area is 111 Å². The lowest BCUT2D eigenvalue weighted by molar-refractivity contribution is -0.140. The van der Waals surface area contributed by atoms with Crippen LogP contribution in [0.3, 0.4) is 0 Å². The first-order valence-electron chi connectivity index (χ1n) is 6.26. The highest BCUT2D eigenvalue weighted by Gasteiger charge is 2.48. The van der Waals surface area contributed by atoms with Crippen LogP contribution in [0.4, 0.5) is 0 Å². The van der Waals surface area contributed by atoms with Crippen LogP contribution in [-0.4, -0.2) is 30.6 Å². The summed E-state index contributed by atoms with van der Waals surface area (Å²) in [5.74, 6) is -1.10. The molecule has 1 aliphatic rings. The Bertz CT molecular complexity index is 486. The molecular formula is C14H17NO4. The van der Waals surface area contributed by atoms with E-state index in [1.807, 2.05) is 24.3 Å². The van der Waals surface area contributed by atoms with Crippen LogP contribution in [0.5, 0.6) is 5.75 Å². The molecule has 102 valence electrons. The Hall–Kier alpha value is -2.04. The van der Waals surface area contributed by atoms with Crippen molar-refractivity contribution in [1.29, 1.82) is 0 Å². The Balaban J connectivity index is 1.78. The van der Waals surface area contributed by atoms with Crippen molar-refractivity contribution >= 4 is 11.9 Å². The lowest BCUT2D eigenvalue weighted by atomic mass is 10.1. The van der Waals surface area contributed by atoms with E-state index in [2.05, 4.69) is 5.32 Å². The van der Waals surface area contributed by atoms with Crippen LogP contribution in [0, 0.1) is 11.8 Å². The second kappa shape index (κ2) is 5.73. The molecule has 1 aromatic carbocycles. The number of carbonyl (C=O) groups is 2. The topological polar surface area (TPSA) is 75.6 Å². The van der Waals surface area contributed by atoms with Crippen molar-refractivity contribution in [2.24, 2.45) is 11.8 Å². The molecule has 0 radical (unpaired) electrons. The number of carboxylic acids is 1. The van der Waals surface area contributed by atoms with Gasteiger partial charge in [-0.1, -0.05) is 18.2 Å². The number of hydrogen-bond donors (Lipinski definition) is 2. The molecule has 1 aliphatic carbocycles. The predicted octanol–water partition coefficient (Wildman–Crippen LogP) is 1.07. The smallest absolute Gasteiger partial charge is 0.307 e. The van der Waals surface area contributed by atoms with Gasteiger partial charge in [-0.3, -0.25) is 9.59 Å². The summed E-state index contributed by atoms with van der Waals surface area (Å²) < 4.78 is 5.22. The fourth-order valence-corrected chi connectivity index (χ4v) is 2.12. The number of carboxylic acid groups (broad SMARTS) is 1. The van der Waals surface area contributed by atoms with Gasteiger partial charge in [0.15, 0.2) is 0 Å². The zero-order valence-electron chi connectivity index (χ0n) is 10.8. The number of aliphatic carboxylic acids is 1. The number of para-hydroxylation sites is 1. The van der Waals surface area contributed by atoms with Gasteiger partial charge in [0.2, 0.25) is 5.91 Å². The largest absolute Gasteiger partial charge is 0.496 e. The van der Waals surface area contributed by atoms with Gasteiger partial charge in [-0.05, 0) is 24.5 Å². The minimum atomic E-state index is -0.884. The molecule has 2 N–H and O–H groups in total. The number of methoxy groups -OCH3 is 1. The number of benzene rings is 1. The third kappa shape index (κ3) is 3.24. The maximum atomic E-state index is 11.7. The summed E-state index contributed by atoms with van der Waals surface area (Å²) in [6, 6.07) is 7.63. The molecule has 1 fully saturated rings. The van der Waals surface area contributed by atoms with Crippen molar-refractivity contribution in [3.05, 3.63) is 29.8 Å². The van der Waals surface area contributed by atoms with E-state index >= 15 is 0 Å². The summed E-state index contributed by atoms with van der Waals surface area (Å²) >= 11 is 0. The lowest BCUT2D eigenvalue weighted by Gasteiger charge is -2.08. The van der Waals surface area contributed by atoms with Gasteiger partial charge >= 0.3 is 5.97 Å². The first kappa shape index (κ1) is 13.4. The molecule has 0 saturated heterocycles. The molecule has 0 spiro atoms. The minimum Gasteiger partial charge on any atom is -0.496 e. The molecule has 5 nitrogen and oxygen atoms in total. The summed E-state index contributed by atoms with van der Waals surface area (Å²) in [6.07, 6.45) is 1.12. The normalized spacial score (nSPS) is 20.7. The maximum Gasteiger partial charge on any atom is 0.307 e. The molecule has 1 amide bonds. The third-order valence-corrected chi connectivity index (χ3v) is 3.33. The SMILES string of the molecule is COc1ccccc1CCNC(=O)[C@@H]1C[C@H]1C(=O)O. The summed E-state index contributed by atoms with van der Waals surface area (Å²) in [5.41, 5.74) is 1.02. The first-order valence-corrected chi connectivity index (χ1v) is 6.26. The van der Waals surface area contributed by atoms with Crippen molar-refractivity contribution in [1.82, 2.24) is 5.32 Å². The molecule has 1 aromatic rings. The van der Waals surface area contributed by atoms with E-state index in [4.69, 9.17) is 9.84 Å². The van der Waals surface area contributed by atoms with Crippen LogP contribution >= 0.6 is 0 Å². The Morgan fingerprint density at radius 3 is 2.74 bits per heavy atom. The fourth-order valence-electron chi connectivity index (χ4n) is 2.12. The van der Waals surface area contributed by atoms with Crippen molar-refractivity contribution in [3.63, 3.8) is 0 Å². The van der Waals surface area contributed by atoms with Crippen molar-refractivity contribution in [2.45, 2.75) is 12.8 Å². The van der Waals surface area contributed by atoms with Gasteiger partial charge in [-0.25, -0.2) is 0 Å². The van der Waals surface area contributed by atoms with Gasteiger partial charge in [0.25, 0.3) is 0 Å². The molecule has 19 heavy (non-hydrogen) atoms. The predicted molar refractivity (Wildman–Crippen MR) is 68.9 cm³/mol. The van der Waals surface area contributed by atoms with Crippen molar-refractivity contribution < 1.29 is 19.4 Å². The van der Waals surface area contributed by atoms with Gasteiger partial charge in [-0.2, -0.15) is 0 Å². The zero-order valence-corrected chi connectivity index (χ0v) is 10.8. The van der Waals surface area contributed by atoms with Crippen LogP contribution in [0.25, 0.3) is 0 Å². The van der Waals surface area contributed by atoms with E-state index in [1.165, 1.54) is 0 Å². The summed E-state index contributed by atoms with van der Waals surface area (Å²) in [5, 5.41) is 11.5. The highest BCUT2D eigenvalue weighted by Crippen LogP contribution is 2.38. The van der Waals surface area contributed by atoms with E-state index in [-0.39, 0.29) is 11.8 Å². The monoisotopic (exact) mass is 263 g/mol. The van der Waals surface area contributed by atoms with Crippen LogP contribution in [-0.2, 0) is 16.0 Å². The molecule has 2 atom stereocenters. The molecule has 0 bridgehead atoms. The van der Waals surface area contributed by atoms with Gasteiger partial charge in [-0.15, -0.1) is 0 Å². The second-order valence-corrected chi connectivity index (χ2v) is 4.64. The lowest BCUT2D eigenvalue weighted by Crippen LogP contribution is -2.28. The zero-order chi connectivity index (χ0) is 13.8. The number of ether oxygens (including phenoxy) is 1. The molecule has 2 rings (SSSR count). The third-order valence-electron chi connectivity index (χ3n) is 3.33. The Morgan fingerprint density at radius 1 is 1.37 bits per heavy atom. The molecule has 0 aliphatic heterocycles. The first-order chi connectivity index (χ1) is 9.13. The number of rotatable bonds is 6. The Morgan fingerprint density at radius 2 is 2.11 bits per heavy atom. The number of nitrogens with one attached hydrogen (secondary N) is 1. The van der Waals surface area contributed by atoms with E-state index in [9.17, 15) is 9.59 Å². The second-order valence-electron chi connectivity index (χ2n) is 4.64. The highest BCUT2D eigenvalue weighted by atomic mass is 16.5. The van der Waals surface area contributed by atoms with E-state index in [0.717, 1.165) is 11.3 Å². The van der Waals surface area contributed by atoms with E-state index in [1.54, 1.807) is 7.11 Å². The number of hydrogen-bond acceptors (Lipinski definition) is 3. The highest BCUT2D eigenvalue weighted by molar-refractivity contribution is 5.89. The quantitative estimate of drug-likeness (QED) is 0.805.